The Morgan fingerprint density at radius 3 is 2.72 bits per heavy atom. The van der Waals surface area contributed by atoms with Crippen LogP contribution in [0.2, 0.25) is 0 Å². The Morgan fingerprint density at radius 2 is 2.00 bits per heavy atom. The normalized spacial score (nSPS) is 10.9. The second-order valence-corrected chi connectivity index (χ2v) is 5.23. The van der Waals surface area contributed by atoms with Gasteiger partial charge in [0.05, 0.1) is 12.2 Å². The molecule has 2 aromatic rings. The van der Waals surface area contributed by atoms with Crippen LogP contribution in [0.15, 0.2) is 41.0 Å². The average molecular weight is 306 g/mol. The van der Waals surface area contributed by atoms with E-state index in [1.165, 1.54) is 0 Å². The minimum absolute atomic E-state index is 0.431. The highest BCUT2D eigenvalue weighted by molar-refractivity contribution is 9.10. The molecule has 0 aliphatic rings. The summed E-state index contributed by atoms with van der Waals surface area (Å²) in [5, 5.41) is 3.32. The summed E-state index contributed by atoms with van der Waals surface area (Å²) in [5.74, 6) is 0.817. The van der Waals surface area contributed by atoms with E-state index in [-0.39, 0.29) is 0 Å². The van der Waals surface area contributed by atoms with E-state index in [4.69, 9.17) is 0 Å². The van der Waals surface area contributed by atoms with E-state index in [0.717, 1.165) is 21.6 Å². The van der Waals surface area contributed by atoms with E-state index in [9.17, 15) is 0 Å². The molecule has 0 atom stereocenters. The number of rotatable bonds is 4. The van der Waals surface area contributed by atoms with Crippen molar-refractivity contribution >= 4 is 15.9 Å². The molecule has 0 unspecified atom stereocenters. The largest absolute Gasteiger partial charge is 0.308 e. The van der Waals surface area contributed by atoms with Gasteiger partial charge in [0.2, 0.25) is 0 Å². The predicted octanol–water partition coefficient (Wildman–Crippen LogP) is 3.40. The minimum atomic E-state index is 0.431. The molecule has 3 nitrogen and oxygen atoms in total. The van der Waals surface area contributed by atoms with E-state index < -0.39 is 0 Å². The second-order valence-electron chi connectivity index (χ2n) is 4.37. The summed E-state index contributed by atoms with van der Waals surface area (Å²) >= 11 is 3.54. The Balaban J connectivity index is 2.25. The Kier molecular flexibility index (Phi) is 4.44. The Morgan fingerprint density at radius 1 is 1.22 bits per heavy atom. The van der Waals surface area contributed by atoms with Crippen molar-refractivity contribution in [2.75, 3.05) is 0 Å². The van der Waals surface area contributed by atoms with Crippen LogP contribution in [0.4, 0.5) is 0 Å². The molecular formula is C14H16BrN3. The summed E-state index contributed by atoms with van der Waals surface area (Å²) in [6, 6.07) is 10.4. The molecule has 0 bridgehead atoms. The van der Waals surface area contributed by atoms with Crippen LogP contribution in [-0.2, 0) is 6.54 Å². The first-order chi connectivity index (χ1) is 8.66. The van der Waals surface area contributed by atoms with E-state index in [2.05, 4.69) is 45.1 Å². The third-order valence-electron chi connectivity index (χ3n) is 2.52. The highest BCUT2D eigenvalue weighted by Crippen LogP contribution is 2.25. The van der Waals surface area contributed by atoms with Crippen LogP contribution in [0.3, 0.4) is 0 Å². The van der Waals surface area contributed by atoms with Crippen molar-refractivity contribution in [3.8, 4) is 11.3 Å². The van der Waals surface area contributed by atoms with Crippen LogP contribution in [0, 0.1) is 0 Å². The Bertz CT molecular complexity index is 526. The topological polar surface area (TPSA) is 37.8 Å². The molecule has 0 aliphatic heterocycles. The number of nitrogens with one attached hydrogen (secondary N) is 1. The Hall–Kier alpha value is -1.26. The summed E-state index contributed by atoms with van der Waals surface area (Å²) in [4.78, 5) is 8.85. The first kappa shape index (κ1) is 13.2. The van der Waals surface area contributed by atoms with Gasteiger partial charge < -0.3 is 5.32 Å². The van der Waals surface area contributed by atoms with Gasteiger partial charge in [0.1, 0.15) is 5.82 Å². The van der Waals surface area contributed by atoms with Gasteiger partial charge in [0.15, 0.2) is 0 Å². The summed E-state index contributed by atoms with van der Waals surface area (Å²) < 4.78 is 1.05. The van der Waals surface area contributed by atoms with Crippen molar-refractivity contribution in [1.29, 1.82) is 0 Å². The summed E-state index contributed by atoms with van der Waals surface area (Å²) in [5.41, 5.74) is 2.03. The van der Waals surface area contributed by atoms with Gasteiger partial charge in [-0.3, -0.25) is 0 Å². The van der Waals surface area contributed by atoms with Crippen molar-refractivity contribution in [2.24, 2.45) is 0 Å². The number of halogens is 1. The third kappa shape index (κ3) is 3.37. The van der Waals surface area contributed by atoms with E-state index in [1.54, 1.807) is 6.20 Å². The lowest BCUT2D eigenvalue weighted by Crippen LogP contribution is -2.23. The smallest absolute Gasteiger partial charge is 0.142 e. The first-order valence-corrected chi connectivity index (χ1v) is 6.76. The van der Waals surface area contributed by atoms with E-state index in [0.29, 0.717) is 12.6 Å². The fourth-order valence-corrected chi connectivity index (χ4v) is 2.09. The fourth-order valence-electron chi connectivity index (χ4n) is 1.60. The molecule has 0 aliphatic carbocycles. The molecule has 0 saturated carbocycles. The van der Waals surface area contributed by atoms with E-state index in [1.807, 2.05) is 30.3 Å². The molecule has 2 rings (SSSR count). The first-order valence-electron chi connectivity index (χ1n) is 5.97. The molecule has 1 aromatic carbocycles. The van der Waals surface area contributed by atoms with Crippen LogP contribution in [-0.4, -0.2) is 16.0 Å². The number of hydrogen-bond donors (Lipinski definition) is 1. The fraction of sp³-hybridized carbons (Fsp3) is 0.286. The lowest BCUT2D eigenvalue weighted by molar-refractivity contribution is 0.572. The zero-order chi connectivity index (χ0) is 13.0. The van der Waals surface area contributed by atoms with Crippen LogP contribution < -0.4 is 5.32 Å². The molecule has 0 fully saturated rings. The maximum absolute atomic E-state index is 4.57. The predicted molar refractivity (Wildman–Crippen MR) is 77.1 cm³/mol. The molecule has 0 spiro atoms. The third-order valence-corrected chi connectivity index (χ3v) is 3.22. The van der Waals surface area contributed by atoms with Crippen molar-refractivity contribution < 1.29 is 0 Å². The minimum Gasteiger partial charge on any atom is -0.308 e. The zero-order valence-corrected chi connectivity index (χ0v) is 12.1. The molecule has 18 heavy (non-hydrogen) atoms. The van der Waals surface area contributed by atoms with Crippen LogP contribution in [0.1, 0.15) is 19.7 Å². The van der Waals surface area contributed by atoms with Crippen LogP contribution >= 0.6 is 15.9 Å². The highest BCUT2D eigenvalue weighted by Gasteiger charge is 2.05. The zero-order valence-electron chi connectivity index (χ0n) is 10.5. The van der Waals surface area contributed by atoms with Gasteiger partial charge in [0.25, 0.3) is 0 Å². The quantitative estimate of drug-likeness (QED) is 0.940. The van der Waals surface area contributed by atoms with Crippen molar-refractivity contribution in [3.05, 3.63) is 46.8 Å². The maximum Gasteiger partial charge on any atom is 0.142 e. The van der Waals surface area contributed by atoms with Gasteiger partial charge in [-0.15, -0.1) is 0 Å². The van der Waals surface area contributed by atoms with Gasteiger partial charge in [-0.1, -0.05) is 48.0 Å². The van der Waals surface area contributed by atoms with Gasteiger partial charge in [-0.25, -0.2) is 9.97 Å². The summed E-state index contributed by atoms with van der Waals surface area (Å²) in [6.07, 6.45) is 1.80. The average Bonchev–Trinajstić information content (AvgIpc) is 2.37. The van der Waals surface area contributed by atoms with Gasteiger partial charge in [-0.2, -0.15) is 0 Å². The second kappa shape index (κ2) is 6.07. The van der Waals surface area contributed by atoms with E-state index >= 15 is 0 Å². The lowest BCUT2D eigenvalue weighted by Gasteiger charge is -2.08. The number of nitrogens with zero attached hydrogens (tertiary/aromatic N) is 2. The number of hydrogen-bond acceptors (Lipinski definition) is 3. The molecule has 0 amide bonds. The highest BCUT2D eigenvalue weighted by atomic mass is 79.9. The molecule has 1 heterocycles. The molecule has 94 valence electrons. The maximum atomic E-state index is 4.57. The van der Waals surface area contributed by atoms with Crippen molar-refractivity contribution in [1.82, 2.24) is 15.3 Å². The van der Waals surface area contributed by atoms with Gasteiger partial charge in [-0.05, 0) is 12.1 Å². The SMILES string of the molecule is CC(C)NCc1nccc(-c2ccccc2Br)n1. The summed E-state index contributed by atoms with van der Waals surface area (Å²) in [7, 11) is 0. The van der Waals surface area contributed by atoms with Gasteiger partial charge in [0, 0.05) is 22.3 Å². The number of benzene rings is 1. The molecule has 1 N–H and O–H groups in total. The van der Waals surface area contributed by atoms with Gasteiger partial charge >= 0.3 is 0 Å². The standard InChI is InChI=1S/C14H16BrN3/c1-10(2)17-9-14-16-8-7-13(18-14)11-5-3-4-6-12(11)15/h3-8,10,17H,9H2,1-2H3. The summed E-state index contributed by atoms with van der Waals surface area (Å²) in [6.45, 7) is 4.91. The Labute approximate surface area is 116 Å². The molecule has 0 saturated heterocycles. The van der Waals surface area contributed by atoms with Crippen LogP contribution in [0.5, 0.6) is 0 Å². The van der Waals surface area contributed by atoms with Crippen LogP contribution in [0.25, 0.3) is 11.3 Å². The molecular weight excluding hydrogens is 290 g/mol. The van der Waals surface area contributed by atoms with Crippen molar-refractivity contribution in [2.45, 2.75) is 26.4 Å². The lowest BCUT2D eigenvalue weighted by atomic mass is 10.1. The molecule has 0 radical (unpaired) electrons. The van der Waals surface area contributed by atoms with Crippen molar-refractivity contribution in [3.63, 3.8) is 0 Å². The molecule has 1 aromatic heterocycles. The number of aromatic nitrogens is 2. The molecule has 4 heteroatoms. The monoisotopic (exact) mass is 305 g/mol.